The number of allylic oxidation sites excluding steroid dienone is 4. The molecule has 0 heterocycles. The highest BCUT2D eigenvalue weighted by atomic mass is 16.4. The van der Waals surface area contributed by atoms with E-state index in [-0.39, 0.29) is 13.0 Å². The summed E-state index contributed by atoms with van der Waals surface area (Å²) in [5.74, 6) is -0.945. The van der Waals surface area contributed by atoms with E-state index in [9.17, 15) is 9.90 Å². The molecule has 0 atom stereocenters. The number of quaternary nitrogens is 1. The van der Waals surface area contributed by atoms with Gasteiger partial charge in [0.1, 0.15) is 6.54 Å². The van der Waals surface area contributed by atoms with Crippen molar-refractivity contribution in [1.82, 2.24) is 0 Å². The average Bonchev–Trinajstić information content (AvgIpc) is 2.79. The Balaban J connectivity index is 0. The van der Waals surface area contributed by atoms with Crippen molar-refractivity contribution in [3.63, 3.8) is 0 Å². The Morgan fingerprint density at radius 1 is 0.629 bits per heavy atom. The van der Waals surface area contributed by atoms with E-state index < -0.39 is 5.97 Å². The zero-order valence-corrected chi connectivity index (χ0v) is 24.1. The molecule has 1 N–H and O–H groups in total. The second-order valence-corrected chi connectivity index (χ2v) is 10.9. The first-order valence-corrected chi connectivity index (χ1v) is 14.7. The largest absolute Gasteiger partial charge is 0.550 e. The standard InChI is InChI=1S/C26H48O2.C5H14NO/c1-2-3-4-5-6-7-8-9-10-11-12-13-14-15-16-17-18-19-20-21-22-23-24-25-26(27)28;1-6(2,3)4-5-7/h17-18,21-22H,2-16,19-20,23-25H2,1H3,(H,27,28);7H,4-5H2,1-3H3/q;+1/p-1/b18-17-,22-21-;. The number of likely N-dealkylation sites (N-methyl/N-ethyl adjacent to an activating group) is 1. The van der Waals surface area contributed by atoms with Crippen LogP contribution in [0.3, 0.4) is 0 Å². The first-order valence-electron chi connectivity index (χ1n) is 14.7. The first kappa shape index (κ1) is 36.0. The fourth-order valence-electron chi connectivity index (χ4n) is 3.78. The summed E-state index contributed by atoms with van der Waals surface area (Å²) in [5, 5.41) is 18.7. The summed E-state index contributed by atoms with van der Waals surface area (Å²) in [6.45, 7) is 3.40. The highest BCUT2D eigenvalue weighted by Gasteiger charge is 2.02. The van der Waals surface area contributed by atoms with Crippen LogP contribution < -0.4 is 5.11 Å². The van der Waals surface area contributed by atoms with Crippen molar-refractivity contribution in [1.29, 1.82) is 0 Å². The van der Waals surface area contributed by atoms with Crippen LogP contribution in [0.4, 0.5) is 0 Å². The number of carbonyl (C=O) groups excluding carboxylic acids is 1. The molecule has 0 aliphatic heterocycles. The molecule has 0 rings (SSSR count). The van der Waals surface area contributed by atoms with E-state index in [1.54, 1.807) is 0 Å². The lowest BCUT2D eigenvalue weighted by atomic mass is 10.0. The van der Waals surface area contributed by atoms with Gasteiger partial charge in [0, 0.05) is 5.97 Å². The molecule has 4 heteroatoms. The summed E-state index contributed by atoms with van der Waals surface area (Å²) in [6.07, 6.45) is 33.8. The molecule has 0 aromatic heterocycles. The second kappa shape index (κ2) is 29.1. The highest BCUT2D eigenvalue weighted by molar-refractivity contribution is 5.64. The molecule has 0 aromatic carbocycles. The van der Waals surface area contributed by atoms with Crippen molar-refractivity contribution in [2.75, 3.05) is 34.3 Å². The topological polar surface area (TPSA) is 60.4 Å². The monoisotopic (exact) mass is 495 g/mol. The number of carbonyl (C=O) groups is 1. The number of rotatable bonds is 24. The van der Waals surface area contributed by atoms with Crippen molar-refractivity contribution < 1.29 is 19.5 Å². The molecule has 0 saturated heterocycles. The normalized spacial score (nSPS) is 11.8. The molecule has 0 spiro atoms. The molecule has 0 bridgehead atoms. The smallest absolute Gasteiger partial charge is 0.101 e. The van der Waals surface area contributed by atoms with E-state index in [1.807, 2.05) is 0 Å². The summed E-state index contributed by atoms with van der Waals surface area (Å²) in [7, 11) is 6.16. The van der Waals surface area contributed by atoms with Gasteiger partial charge in [-0.1, -0.05) is 115 Å². The van der Waals surface area contributed by atoms with Crippen LogP contribution in [0.5, 0.6) is 0 Å². The molecule has 208 valence electrons. The maximum atomic E-state index is 10.3. The lowest BCUT2D eigenvalue weighted by Crippen LogP contribution is -2.36. The summed E-state index contributed by atoms with van der Waals surface area (Å²) in [4.78, 5) is 10.3. The van der Waals surface area contributed by atoms with Gasteiger partial charge in [-0.3, -0.25) is 0 Å². The third-order valence-corrected chi connectivity index (χ3v) is 6.08. The van der Waals surface area contributed by atoms with Crippen LogP contribution in [0.2, 0.25) is 0 Å². The van der Waals surface area contributed by atoms with E-state index in [0.717, 1.165) is 30.3 Å². The van der Waals surface area contributed by atoms with Gasteiger partial charge in [-0.05, 0) is 44.9 Å². The van der Waals surface area contributed by atoms with Gasteiger partial charge in [0.05, 0.1) is 27.7 Å². The Bertz CT molecular complexity index is 480. The second-order valence-electron chi connectivity index (χ2n) is 10.9. The van der Waals surface area contributed by atoms with Crippen LogP contribution >= 0.6 is 0 Å². The van der Waals surface area contributed by atoms with Gasteiger partial charge >= 0.3 is 0 Å². The van der Waals surface area contributed by atoms with Crippen LogP contribution in [0.15, 0.2) is 24.3 Å². The molecule has 4 nitrogen and oxygen atoms in total. The first-order chi connectivity index (χ1) is 16.8. The molecule has 0 aromatic rings. The number of hydrogen-bond acceptors (Lipinski definition) is 3. The predicted molar refractivity (Wildman–Crippen MR) is 151 cm³/mol. The predicted octanol–water partition coefficient (Wildman–Crippen LogP) is 7.36. The number of carboxylic acids is 1. The van der Waals surface area contributed by atoms with Crippen LogP contribution in [-0.2, 0) is 4.79 Å². The number of aliphatic hydroxyl groups excluding tert-OH is 1. The SMILES string of the molecule is CCCCCCCCCCCCCCCC/C=C\CC/C=C\CCCC(=O)[O-].C[N+](C)(C)CCO. The quantitative estimate of drug-likeness (QED) is 0.0864. The Labute approximate surface area is 219 Å². The van der Waals surface area contributed by atoms with Gasteiger partial charge < -0.3 is 19.5 Å². The minimum atomic E-state index is -0.945. The van der Waals surface area contributed by atoms with Crippen LogP contribution in [0.25, 0.3) is 0 Å². The third-order valence-electron chi connectivity index (χ3n) is 6.08. The maximum Gasteiger partial charge on any atom is 0.101 e. The Hall–Kier alpha value is -1.13. The fourth-order valence-corrected chi connectivity index (χ4v) is 3.78. The van der Waals surface area contributed by atoms with E-state index in [0.29, 0.717) is 6.42 Å². The number of hydrogen-bond donors (Lipinski definition) is 1. The lowest BCUT2D eigenvalue weighted by molar-refractivity contribution is -0.870. The maximum absolute atomic E-state index is 10.3. The summed E-state index contributed by atoms with van der Waals surface area (Å²) >= 11 is 0. The molecule has 35 heavy (non-hydrogen) atoms. The van der Waals surface area contributed by atoms with Crippen LogP contribution in [0.1, 0.15) is 135 Å². The molecular formula is C31H61NO3. The van der Waals surface area contributed by atoms with Gasteiger partial charge in [-0.15, -0.1) is 0 Å². The summed E-state index contributed by atoms with van der Waals surface area (Å²) in [5.41, 5.74) is 0. The third kappa shape index (κ3) is 40.3. The lowest BCUT2D eigenvalue weighted by Gasteiger charge is -2.21. The Kier molecular flexibility index (Phi) is 30.0. The zero-order valence-electron chi connectivity index (χ0n) is 24.1. The highest BCUT2D eigenvalue weighted by Crippen LogP contribution is 2.13. The summed E-state index contributed by atoms with van der Waals surface area (Å²) < 4.78 is 0.844. The minimum absolute atomic E-state index is 0.170. The molecule has 0 aliphatic rings. The van der Waals surface area contributed by atoms with E-state index in [1.165, 1.54) is 96.3 Å². The van der Waals surface area contributed by atoms with Gasteiger partial charge in [0.25, 0.3) is 0 Å². The minimum Gasteiger partial charge on any atom is -0.550 e. The van der Waals surface area contributed by atoms with Crippen LogP contribution in [-0.4, -0.2) is 49.9 Å². The Morgan fingerprint density at radius 2 is 1.00 bits per heavy atom. The fraction of sp³-hybridized carbons (Fsp3) is 0.839. The number of aliphatic hydroxyl groups is 1. The molecule has 0 amide bonds. The van der Waals surface area contributed by atoms with Gasteiger partial charge in [-0.25, -0.2) is 0 Å². The number of nitrogens with zero attached hydrogens (tertiary/aromatic N) is 1. The molecular weight excluding hydrogens is 434 g/mol. The number of carboxylic acid groups (broad SMARTS) is 1. The summed E-state index contributed by atoms with van der Waals surface area (Å²) in [6, 6.07) is 0. The molecule has 0 fully saturated rings. The molecule has 0 radical (unpaired) electrons. The number of aliphatic carboxylic acids is 1. The van der Waals surface area contributed by atoms with Crippen LogP contribution in [0, 0.1) is 0 Å². The van der Waals surface area contributed by atoms with Crippen molar-refractivity contribution in [2.45, 2.75) is 135 Å². The van der Waals surface area contributed by atoms with Crippen molar-refractivity contribution in [3.05, 3.63) is 24.3 Å². The molecule has 0 unspecified atom stereocenters. The molecule has 0 aliphatic carbocycles. The van der Waals surface area contributed by atoms with E-state index in [2.05, 4.69) is 52.4 Å². The Morgan fingerprint density at radius 3 is 1.34 bits per heavy atom. The van der Waals surface area contributed by atoms with Gasteiger partial charge in [-0.2, -0.15) is 0 Å². The van der Waals surface area contributed by atoms with Crippen molar-refractivity contribution in [3.8, 4) is 0 Å². The van der Waals surface area contributed by atoms with E-state index in [4.69, 9.17) is 5.11 Å². The molecule has 0 saturated carbocycles. The van der Waals surface area contributed by atoms with Crippen molar-refractivity contribution >= 4 is 5.97 Å². The van der Waals surface area contributed by atoms with E-state index >= 15 is 0 Å². The number of unbranched alkanes of at least 4 members (excludes halogenated alkanes) is 16. The van der Waals surface area contributed by atoms with Crippen molar-refractivity contribution in [2.24, 2.45) is 0 Å². The zero-order chi connectivity index (χ0) is 26.5. The van der Waals surface area contributed by atoms with Gasteiger partial charge in [0.2, 0.25) is 0 Å². The average molecular weight is 496 g/mol. The van der Waals surface area contributed by atoms with Gasteiger partial charge in [0.15, 0.2) is 0 Å².